The predicted octanol–water partition coefficient (Wildman–Crippen LogP) is 1.66. The first-order valence-electron chi connectivity index (χ1n) is 3.48. The van der Waals surface area contributed by atoms with Gasteiger partial charge in [-0.05, 0) is 18.5 Å². The summed E-state index contributed by atoms with van der Waals surface area (Å²) in [6.45, 7) is 1.78. The number of carbonyl (C=O) groups is 1. The number of hydrogen-bond donors (Lipinski definition) is 1. The van der Waals surface area contributed by atoms with Crippen LogP contribution in [-0.4, -0.2) is 26.2 Å². The first-order chi connectivity index (χ1) is 6.18. The summed E-state index contributed by atoms with van der Waals surface area (Å²) in [7, 11) is 0. The second-order valence-electron chi connectivity index (χ2n) is 2.32. The summed E-state index contributed by atoms with van der Waals surface area (Å²) in [6.07, 6.45) is 2.69. The van der Waals surface area contributed by atoms with Gasteiger partial charge in [-0.3, -0.25) is 0 Å². The molecule has 70 valence electrons. The molecule has 0 saturated heterocycles. The Labute approximate surface area is 83.9 Å². The van der Waals surface area contributed by atoms with Gasteiger partial charge in [0.15, 0.2) is 4.34 Å². The normalized spacial score (nSPS) is 11.6. The van der Waals surface area contributed by atoms with E-state index in [-0.39, 0.29) is 0 Å². The number of rotatable bonds is 4. The molecule has 4 nitrogen and oxygen atoms in total. The van der Waals surface area contributed by atoms with E-state index in [0.29, 0.717) is 5.75 Å². The van der Waals surface area contributed by atoms with Crippen molar-refractivity contribution in [3.8, 4) is 0 Å². The zero-order valence-electron chi connectivity index (χ0n) is 6.93. The van der Waals surface area contributed by atoms with Crippen molar-refractivity contribution in [1.82, 2.24) is 9.36 Å². The summed E-state index contributed by atoms with van der Waals surface area (Å²) in [5, 5.41) is 8.43. The number of aliphatic carboxylic acids is 1. The fourth-order valence-corrected chi connectivity index (χ4v) is 2.01. The molecule has 1 heterocycles. The molecule has 1 aromatic rings. The Morgan fingerprint density at radius 3 is 3.15 bits per heavy atom. The lowest BCUT2D eigenvalue weighted by Gasteiger charge is -1.95. The summed E-state index contributed by atoms with van der Waals surface area (Å²) in [5.74, 6) is -0.267. The van der Waals surface area contributed by atoms with Gasteiger partial charge in [-0.25, -0.2) is 9.78 Å². The molecule has 1 rings (SSSR count). The van der Waals surface area contributed by atoms with Crippen molar-refractivity contribution in [2.45, 2.75) is 11.3 Å². The minimum Gasteiger partial charge on any atom is -0.478 e. The van der Waals surface area contributed by atoms with Crippen LogP contribution in [-0.2, 0) is 4.79 Å². The topological polar surface area (TPSA) is 63.1 Å². The molecule has 13 heavy (non-hydrogen) atoms. The summed E-state index contributed by atoms with van der Waals surface area (Å²) < 4.78 is 4.69. The van der Waals surface area contributed by atoms with Gasteiger partial charge in [0.25, 0.3) is 0 Å². The maximum Gasteiger partial charge on any atom is 0.328 e. The monoisotopic (exact) mass is 216 g/mol. The van der Waals surface area contributed by atoms with Crippen molar-refractivity contribution < 1.29 is 9.90 Å². The Balaban J connectivity index is 2.39. The van der Waals surface area contributed by atoms with Gasteiger partial charge < -0.3 is 5.11 Å². The van der Waals surface area contributed by atoms with Crippen molar-refractivity contribution >= 4 is 29.3 Å². The number of thioether (sulfide) groups is 1. The van der Waals surface area contributed by atoms with Crippen LogP contribution in [0.2, 0.25) is 0 Å². The zero-order chi connectivity index (χ0) is 9.68. The largest absolute Gasteiger partial charge is 0.478 e. The highest BCUT2D eigenvalue weighted by Crippen LogP contribution is 2.20. The van der Waals surface area contributed by atoms with Crippen LogP contribution in [0, 0.1) is 0 Å². The molecular weight excluding hydrogens is 208 g/mol. The average molecular weight is 216 g/mol. The quantitative estimate of drug-likeness (QED) is 0.612. The number of hydrogen-bond acceptors (Lipinski definition) is 5. The highest BCUT2D eigenvalue weighted by atomic mass is 32.2. The van der Waals surface area contributed by atoms with Gasteiger partial charge in [-0.2, -0.15) is 4.37 Å². The first kappa shape index (κ1) is 10.2. The third-order valence-corrected chi connectivity index (χ3v) is 3.12. The number of carboxylic acids is 1. The average Bonchev–Trinajstić information content (AvgIpc) is 2.51. The van der Waals surface area contributed by atoms with Crippen LogP contribution < -0.4 is 0 Å². The molecule has 0 radical (unpaired) electrons. The zero-order valence-corrected chi connectivity index (χ0v) is 8.56. The van der Waals surface area contributed by atoms with Crippen LogP contribution in [0.25, 0.3) is 0 Å². The van der Waals surface area contributed by atoms with Gasteiger partial charge in [-0.15, -0.1) is 0 Å². The third-order valence-electron chi connectivity index (χ3n) is 1.13. The molecule has 0 amide bonds. The molecule has 0 bridgehead atoms. The Hall–Kier alpha value is -0.880. The standard InChI is InChI=1S/C7H8N2O2S2/c1-5(2-6(10)11)3-12-7-8-4-9-13-7/h2,4H,3H2,1H3,(H,10,11). The van der Waals surface area contributed by atoms with E-state index >= 15 is 0 Å². The lowest BCUT2D eigenvalue weighted by atomic mass is 10.3. The fraction of sp³-hybridized carbons (Fsp3) is 0.286. The third kappa shape index (κ3) is 4.05. The van der Waals surface area contributed by atoms with Crippen LogP contribution in [0.5, 0.6) is 0 Å². The maximum absolute atomic E-state index is 10.3. The van der Waals surface area contributed by atoms with E-state index in [4.69, 9.17) is 5.11 Å². The van der Waals surface area contributed by atoms with E-state index in [1.807, 2.05) is 0 Å². The number of carboxylic acid groups (broad SMARTS) is 1. The molecule has 0 unspecified atom stereocenters. The van der Waals surface area contributed by atoms with E-state index in [1.54, 1.807) is 6.92 Å². The first-order valence-corrected chi connectivity index (χ1v) is 5.24. The predicted molar refractivity (Wildman–Crippen MR) is 52.0 cm³/mol. The van der Waals surface area contributed by atoms with E-state index in [0.717, 1.165) is 9.91 Å². The summed E-state index contributed by atoms with van der Waals surface area (Å²) in [6, 6.07) is 0. The number of aromatic nitrogens is 2. The Kier molecular flexibility index (Phi) is 3.91. The fourth-order valence-electron chi connectivity index (χ4n) is 0.655. The van der Waals surface area contributed by atoms with Gasteiger partial charge >= 0.3 is 5.97 Å². The molecule has 0 spiro atoms. The second-order valence-corrected chi connectivity index (χ2v) is 4.33. The molecule has 0 fully saturated rings. The van der Waals surface area contributed by atoms with Crippen LogP contribution in [0.1, 0.15) is 6.92 Å². The molecule has 0 aliphatic rings. The van der Waals surface area contributed by atoms with Gasteiger partial charge in [0.05, 0.1) is 0 Å². The van der Waals surface area contributed by atoms with Crippen molar-refractivity contribution in [2.24, 2.45) is 0 Å². The lowest BCUT2D eigenvalue weighted by Crippen LogP contribution is -1.91. The highest BCUT2D eigenvalue weighted by molar-refractivity contribution is 8.01. The molecule has 1 aromatic heterocycles. The molecule has 0 saturated carbocycles. The Morgan fingerprint density at radius 1 is 1.85 bits per heavy atom. The maximum atomic E-state index is 10.3. The van der Waals surface area contributed by atoms with E-state index in [1.165, 1.54) is 35.7 Å². The Morgan fingerprint density at radius 2 is 2.62 bits per heavy atom. The van der Waals surface area contributed by atoms with Crippen molar-refractivity contribution in [2.75, 3.05) is 5.75 Å². The van der Waals surface area contributed by atoms with Gasteiger partial charge in [0, 0.05) is 11.8 Å². The molecule has 0 aromatic carbocycles. The highest BCUT2D eigenvalue weighted by Gasteiger charge is 1.99. The lowest BCUT2D eigenvalue weighted by molar-refractivity contribution is -0.131. The molecule has 0 atom stereocenters. The van der Waals surface area contributed by atoms with Crippen molar-refractivity contribution in [3.63, 3.8) is 0 Å². The van der Waals surface area contributed by atoms with Crippen LogP contribution in [0.3, 0.4) is 0 Å². The minimum atomic E-state index is -0.907. The van der Waals surface area contributed by atoms with Gasteiger partial charge in [-0.1, -0.05) is 17.3 Å². The van der Waals surface area contributed by atoms with Crippen molar-refractivity contribution in [1.29, 1.82) is 0 Å². The SMILES string of the molecule is CC(=CC(=O)O)CSc1ncns1. The smallest absolute Gasteiger partial charge is 0.328 e. The summed E-state index contributed by atoms with van der Waals surface area (Å²) in [4.78, 5) is 14.2. The number of nitrogens with zero attached hydrogens (tertiary/aromatic N) is 2. The van der Waals surface area contributed by atoms with Crippen molar-refractivity contribution in [3.05, 3.63) is 18.0 Å². The van der Waals surface area contributed by atoms with Crippen LogP contribution >= 0.6 is 23.3 Å². The summed E-state index contributed by atoms with van der Waals surface area (Å²) >= 11 is 2.80. The minimum absolute atomic E-state index is 0.640. The molecule has 0 aliphatic heterocycles. The van der Waals surface area contributed by atoms with E-state index in [2.05, 4.69) is 9.36 Å². The molecule has 0 aliphatic carbocycles. The molecular formula is C7H8N2O2S2. The molecule has 1 N–H and O–H groups in total. The second kappa shape index (κ2) is 4.98. The Bertz CT molecular complexity index is 308. The molecule has 6 heteroatoms. The van der Waals surface area contributed by atoms with Crippen LogP contribution in [0.4, 0.5) is 0 Å². The van der Waals surface area contributed by atoms with Gasteiger partial charge in [0.2, 0.25) is 0 Å². The summed E-state index contributed by atoms with van der Waals surface area (Å²) in [5.41, 5.74) is 0.813. The van der Waals surface area contributed by atoms with E-state index in [9.17, 15) is 4.79 Å². The van der Waals surface area contributed by atoms with Crippen LogP contribution in [0.15, 0.2) is 22.3 Å². The van der Waals surface area contributed by atoms with E-state index < -0.39 is 5.97 Å². The van der Waals surface area contributed by atoms with Gasteiger partial charge in [0.1, 0.15) is 6.33 Å².